The molecule has 1 atom stereocenters. The smallest absolute Gasteiger partial charge is 0.276 e. The van der Waals surface area contributed by atoms with E-state index in [9.17, 15) is 9.59 Å². The maximum atomic E-state index is 13.1. The number of fused-ring (bicyclic) bond motifs is 2. The lowest BCUT2D eigenvalue weighted by molar-refractivity contribution is 0.1000. The van der Waals surface area contributed by atoms with Gasteiger partial charge in [-0.3, -0.25) is 9.59 Å². The topological polar surface area (TPSA) is 102 Å². The van der Waals surface area contributed by atoms with E-state index in [0.717, 1.165) is 40.3 Å². The molecule has 5 rings (SSSR count). The molecule has 0 saturated carbocycles. The fourth-order valence-corrected chi connectivity index (χ4v) is 6.52. The largest absolute Gasteiger partial charge is 0.365 e. The molecule has 33 heavy (non-hydrogen) atoms. The lowest BCUT2D eigenvalue weighted by Crippen LogP contribution is -2.27. The van der Waals surface area contributed by atoms with Crippen molar-refractivity contribution in [2.75, 3.05) is 5.32 Å². The van der Waals surface area contributed by atoms with Crippen LogP contribution in [0.5, 0.6) is 0 Å². The zero-order chi connectivity index (χ0) is 23.3. The molecule has 0 radical (unpaired) electrons. The molecule has 0 bridgehead atoms. The lowest BCUT2D eigenvalue weighted by Gasteiger charge is -2.33. The van der Waals surface area contributed by atoms with Gasteiger partial charge < -0.3 is 11.1 Å². The van der Waals surface area contributed by atoms with Crippen molar-refractivity contribution in [2.24, 2.45) is 17.1 Å². The minimum Gasteiger partial charge on any atom is -0.365 e. The first-order valence-corrected chi connectivity index (χ1v) is 12.6. The number of carbonyl (C=O) groups is 2. The first kappa shape index (κ1) is 21.8. The van der Waals surface area contributed by atoms with E-state index >= 15 is 0 Å². The second-order valence-electron chi connectivity index (χ2n) is 9.44. The van der Waals surface area contributed by atoms with Crippen molar-refractivity contribution in [3.63, 3.8) is 0 Å². The molecular formula is C24H25N5O2S2. The first-order valence-electron chi connectivity index (χ1n) is 10.9. The number of anilines is 1. The van der Waals surface area contributed by atoms with Gasteiger partial charge in [0.2, 0.25) is 0 Å². The zero-order valence-corrected chi connectivity index (χ0v) is 20.3. The molecule has 1 aliphatic rings. The van der Waals surface area contributed by atoms with Crippen LogP contribution in [0.4, 0.5) is 5.00 Å². The Bertz CT molecular complexity index is 1360. The van der Waals surface area contributed by atoms with E-state index in [2.05, 4.69) is 36.2 Å². The molecule has 0 saturated heterocycles. The Labute approximate surface area is 199 Å². The highest BCUT2D eigenvalue weighted by Crippen LogP contribution is 2.44. The number of amides is 2. The second kappa shape index (κ2) is 8.07. The summed E-state index contributed by atoms with van der Waals surface area (Å²) in [5.41, 5.74) is 9.04. The minimum absolute atomic E-state index is 0.182. The van der Waals surface area contributed by atoms with Gasteiger partial charge in [0.05, 0.1) is 16.1 Å². The molecule has 4 aromatic rings. The maximum Gasteiger partial charge on any atom is 0.276 e. The zero-order valence-electron chi connectivity index (χ0n) is 18.7. The molecule has 9 heteroatoms. The van der Waals surface area contributed by atoms with E-state index in [-0.39, 0.29) is 17.0 Å². The van der Waals surface area contributed by atoms with Crippen LogP contribution in [0.1, 0.15) is 58.5 Å². The highest BCUT2D eigenvalue weighted by Gasteiger charge is 2.33. The molecular weight excluding hydrogens is 454 g/mol. The van der Waals surface area contributed by atoms with Crippen molar-refractivity contribution in [1.29, 1.82) is 0 Å². The summed E-state index contributed by atoms with van der Waals surface area (Å²) in [5, 5.41) is 9.92. The van der Waals surface area contributed by atoms with Crippen LogP contribution < -0.4 is 11.1 Å². The molecule has 170 valence electrons. The van der Waals surface area contributed by atoms with Crippen LogP contribution in [0.25, 0.3) is 16.2 Å². The van der Waals surface area contributed by atoms with Gasteiger partial charge in [-0.15, -0.1) is 22.7 Å². The normalized spacial score (nSPS) is 16.0. The molecule has 0 fully saturated rings. The van der Waals surface area contributed by atoms with Crippen molar-refractivity contribution >= 4 is 45.1 Å². The van der Waals surface area contributed by atoms with Gasteiger partial charge in [-0.25, -0.2) is 9.50 Å². The van der Waals surface area contributed by atoms with Gasteiger partial charge in [0.15, 0.2) is 11.3 Å². The summed E-state index contributed by atoms with van der Waals surface area (Å²) >= 11 is 3.05. The fraction of sp³-hybridized carbons (Fsp3) is 0.333. The number of nitrogens with two attached hydrogens (primary N) is 1. The Morgan fingerprint density at radius 3 is 2.79 bits per heavy atom. The Hall–Kier alpha value is -3.04. The van der Waals surface area contributed by atoms with E-state index in [1.54, 1.807) is 28.1 Å². The second-order valence-corrected chi connectivity index (χ2v) is 11.5. The van der Waals surface area contributed by atoms with E-state index in [0.29, 0.717) is 22.1 Å². The van der Waals surface area contributed by atoms with Crippen molar-refractivity contribution in [2.45, 2.75) is 40.0 Å². The van der Waals surface area contributed by atoms with Crippen LogP contribution in [0.15, 0.2) is 35.8 Å². The van der Waals surface area contributed by atoms with Gasteiger partial charge in [-0.05, 0) is 53.7 Å². The molecule has 0 aromatic carbocycles. The predicted octanol–water partition coefficient (Wildman–Crippen LogP) is 5.02. The summed E-state index contributed by atoms with van der Waals surface area (Å²) in [6.45, 7) is 6.74. The van der Waals surface area contributed by atoms with Gasteiger partial charge in [0.1, 0.15) is 5.00 Å². The summed E-state index contributed by atoms with van der Waals surface area (Å²) in [6.07, 6.45) is 4.40. The standard InChI is InChI=1S/C24H25N5O2S2/c1-24(2,3)13-6-7-14-18(11-13)33-23(20(14)21(25)30)27-22(31)15-12-19-26-9-8-16(29(19)28-15)17-5-4-10-32-17/h4-5,8-10,12-13H,6-7,11H2,1-3H3,(H2,25,30)(H,27,31)/t13-/m1/s1. The molecule has 4 heterocycles. The Morgan fingerprint density at radius 1 is 1.27 bits per heavy atom. The molecule has 4 aromatic heterocycles. The third kappa shape index (κ3) is 3.95. The van der Waals surface area contributed by atoms with E-state index in [1.807, 2.05) is 23.6 Å². The average molecular weight is 480 g/mol. The van der Waals surface area contributed by atoms with Crippen LogP contribution in [-0.4, -0.2) is 26.4 Å². The molecule has 0 aliphatic heterocycles. The number of primary amides is 1. The van der Waals surface area contributed by atoms with Crippen LogP contribution in [0.2, 0.25) is 0 Å². The van der Waals surface area contributed by atoms with E-state index in [1.165, 1.54) is 11.3 Å². The Kier molecular flexibility index (Phi) is 5.33. The lowest BCUT2D eigenvalue weighted by atomic mass is 9.72. The molecule has 7 nitrogen and oxygen atoms in total. The summed E-state index contributed by atoms with van der Waals surface area (Å²) in [4.78, 5) is 32.0. The van der Waals surface area contributed by atoms with Crippen LogP contribution in [0.3, 0.4) is 0 Å². The molecule has 1 aliphatic carbocycles. The number of hydrogen-bond donors (Lipinski definition) is 2. The number of aromatic nitrogens is 3. The summed E-state index contributed by atoms with van der Waals surface area (Å²) < 4.78 is 1.67. The molecule has 2 amide bonds. The number of carbonyl (C=O) groups excluding carboxylic acids is 2. The van der Waals surface area contributed by atoms with E-state index < -0.39 is 5.91 Å². The molecule has 0 unspecified atom stereocenters. The SMILES string of the molecule is CC(C)(C)[C@@H]1CCc2c(sc(NC(=O)c3cc4nccc(-c5cccs5)n4n3)c2C(N)=O)C1. The van der Waals surface area contributed by atoms with Gasteiger partial charge >= 0.3 is 0 Å². The number of nitrogens with one attached hydrogen (secondary N) is 1. The number of thiophene rings is 2. The van der Waals surface area contributed by atoms with Gasteiger partial charge in [-0.2, -0.15) is 5.10 Å². The van der Waals surface area contributed by atoms with Crippen molar-refractivity contribution in [3.05, 3.63) is 57.5 Å². The van der Waals surface area contributed by atoms with E-state index in [4.69, 9.17) is 5.73 Å². The molecule has 0 spiro atoms. The number of hydrogen-bond acceptors (Lipinski definition) is 6. The number of nitrogens with zero attached hydrogens (tertiary/aromatic N) is 3. The average Bonchev–Trinajstić information content (AvgIpc) is 3.49. The fourth-order valence-electron chi connectivity index (χ4n) is 4.46. The van der Waals surface area contributed by atoms with Gasteiger partial charge in [0.25, 0.3) is 11.8 Å². The Morgan fingerprint density at radius 2 is 2.09 bits per heavy atom. The highest BCUT2D eigenvalue weighted by molar-refractivity contribution is 7.17. The first-order chi connectivity index (χ1) is 15.7. The maximum absolute atomic E-state index is 13.1. The van der Waals surface area contributed by atoms with Crippen molar-refractivity contribution in [1.82, 2.24) is 14.6 Å². The third-order valence-corrected chi connectivity index (χ3v) is 8.39. The summed E-state index contributed by atoms with van der Waals surface area (Å²) in [5.74, 6) is -0.368. The van der Waals surface area contributed by atoms with Crippen molar-refractivity contribution in [3.8, 4) is 10.6 Å². The van der Waals surface area contributed by atoms with Gasteiger partial charge in [0, 0.05) is 17.1 Å². The third-order valence-electron chi connectivity index (χ3n) is 6.33. The van der Waals surface area contributed by atoms with Crippen molar-refractivity contribution < 1.29 is 9.59 Å². The van der Waals surface area contributed by atoms with Crippen LogP contribution in [0, 0.1) is 11.3 Å². The Balaban J connectivity index is 1.47. The summed E-state index contributed by atoms with van der Waals surface area (Å²) in [6, 6.07) is 7.50. The number of rotatable bonds is 4. The quantitative estimate of drug-likeness (QED) is 0.429. The predicted molar refractivity (Wildman–Crippen MR) is 132 cm³/mol. The monoisotopic (exact) mass is 479 g/mol. The minimum atomic E-state index is -0.506. The molecule has 3 N–H and O–H groups in total. The van der Waals surface area contributed by atoms with Crippen LogP contribution >= 0.6 is 22.7 Å². The highest BCUT2D eigenvalue weighted by atomic mass is 32.1. The summed E-state index contributed by atoms with van der Waals surface area (Å²) in [7, 11) is 0. The van der Waals surface area contributed by atoms with Crippen LogP contribution in [-0.2, 0) is 12.8 Å². The van der Waals surface area contributed by atoms with Gasteiger partial charge in [-0.1, -0.05) is 26.8 Å².